The number of hydrogen-bond acceptors (Lipinski definition) is 3. The maximum absolute atomic E-state index is 12.4. The van der Waals surface area contributed by atoms with Crippen LogP contribution in [0, 0.1) is 10.5 Å². The average Bonchev–Trinajstić information content (AvgIpc) is 2.18. The quantitative estimate of drug-likeness (QED) is 0.409. The van der Waals surface area contributed by atoms with Crippen molar-refractivity contribution < 1.29 is 25.8 Å². The van der Waals surface area contributed by atoms with Gasteiger partial charge in [-0.05, 0) is 46.6 Å². The number of rotatable bonds is 2. The van der Waals surface area contributed by atoms with Crippen molar-refractivity contribution >= 4 is 32.7 Å². The van der Waals surface area contributed by atoms with Crippen molar-refractivity contribution in [2.75, 3.05) is 0 Å². The summed E-state index contributed by atoms with van der Waals surface area (Å²) in [5.41, 5.74) is -4.77. The lowest BCUT2D eigenvalue weighted by atomic mass is 9.85. The molecule has 1 aromatic rings. The molecule has 0 aliphatic carbocycles. The predicted octanol–water partition coefficient (Wildman–Crippen LogP) is 4.13. The molecule has 0 amide bonds. The number of aryl methyl sites for hydroxylation is 1. The summed E-state index contributed by atoms with van der Waals surface area (Å²) in [4.78, 5) is 0. The van der Waals surface area contributed by atoms with Gasteiger partial charge in [-0.15, -0.1) is 0 Å². The second kappa shape index (κ2) is 5.36. The molecule has 0 unspecified atom stereocenters. The first-order chi connectivity index (χ1) is 8.75. The van der Waals surface area contributed by atoms with Gasteiger partial charge >= 0.3 is 15.6 Å². The maximum Gasteiger partial charge on any atom is 0.534 e. The molecular weight excluding hydrogens is 408 g/mol. The zero-order valence-electron chi connectivity index (χ0n) is 11.3. The molecule has 8 heteroatoms. The van der Waals surface area contributed by atoms with E-state index in [9.17, 15) is 21.6 Å². The summed E-state index contributed by atoms with van der Waals surface area (Å²) in [6, 6.07) is 3.19. The van der Waals surface area contributed by atoms with Gasteiger partial charge < -0.3 is 4.18 Å². The van der Waals surface area contributed by atoms with Crippen LogP contribution in [-0.2, 0) is 15.5 Å². The first kappa shape index (κ1) is 17.5. The summed E-state index contributed by atoms with van der Waals surface area (Å²) < 4.78 is 64.4. The third-order valence-electron chi connectivity index (χ3n) is 2.47. The lowest BCUT2D eigenvalue weighted by molar-refractivity contribution is -0.0500. The van der Waals surface area contributed by atoms with E-state index in [4.69, 9.17) is 0 Å². The monoisotopic (exact) mass is 422 g/mol. The van der Waals surface area contributed by atoms with Gasteiger partial charge in [-0.3, -0.25) is 0 Å². The van der Waals surface area contributed by atoms with Crippen LogP contribution in [0.15, 0.2) is 12.1 Å². The summed E-state index contributed by atoms with van der Waals surface area (Å²) in [5, 5.41) is 0. The summed E-state index contributed by atoms with van der Waals surface area (Å²) in [7, 11) is -5.67. The van der Waals surface area contributed by atoms with Gasteiger partial charge in [-0.1, -0.05) is 26.8 Å². The normalized spacial score (nSPS) is 13.4. The van der Waals surface area contributed by atoms with Crippen molar-refractivity contribution in [1.82, 2.24) is 0 Å². The van der Waals surface area contributed by atoms with E-state index < -0.39 is 21.0 Å². The third kappa shape index (κ3) is 3.78. The van der Waals surface area contributed by atoms with Crippen molar-refractivity contribution in [1.29, 1.82) is 0 Å². The standard InChI is InChI=1S/C12H14F3IO3S/c1-7-5-8(11(2,3)4)10(9(16)6-7)19-20(17,18)12(13,14)15/h5-6H,1-4H3. The van der Waals surface area contributed by atoms with Crippen LogP contribution >= 0.6 is 22.6 Å². The Bertz CT molecular complexity index is 616. The highest BCUT2D eigenvalue weighted by atomic mass is 127. The smallest absolute Gasteiger partial charge is 0.375 e. The zero-order valence-corrected chi connectivity index (χ0v) is 14.3. The van der Waals surface area contributed by atoms with Crippen LogP contribution in [0.5, 0.6) is 5.75 Å². The van der Waals surface area contributed by atoms with Crippen molar-refractivity contribution in [2.45, 2.75) is 38.6 Å². The van der Waals surface area contributed by atoms with E-state index in [2.05, 4.69) is 4.18 Å². The second-order valence-electron chi connectivity index (χ2n) is 5.36. The Hall–Kier alpha value is -0.510. The molecule has 114 valence electrons. The molecule has 0 heterocycles. The Morgan fingerprint density at radius 3 is 2.05 bits per heavy atom. The molecule has 0 saturated carbocycles. The van der Waals surface area contributed by atoms with Crippen LogP contribution in [-0.4, -0.2) is 13.9 Å². The molecule has 1 aromatic carbocycles. The van der Waals surface area contributed by atoms with E-state index in [-0.39, 0.29) is 5.75 Å². The van der Waals surface area contributed by atoms with Crippen LogP contribution in [0.3, 0.4) is 0 Å². The molecule has 3 nitrogen and oxygen atoms in total. The molecule has 0 saturated heterocycles. The highest BCUT2D eigenvalue weighted by Crippen LogP contribution is 2.38. The summed E-state index contributed by atoms with van der Waals surface area (Å²) in [5.74, 6) is -0.263. The average molecular weight is 422 g/mol. The highest BCUT2D eigenvalue weighted by Gasteiger charge is 2.49. The minimum atomic E-state index is -5.67. The van der Waals surface area contributed by atoms with Gasteiger partial charge in [0, 0.05) is 5.56 Å². The number of alkyl halides is 3. The molecule has 0 aromatic heterocycles. The molecular formula is C12H14F3IO3S. The Balaban J connectivity index is 3.47. The van der Waals surface area contributed by atoms with Crippen molar-refractivity contribution in [3.63, 3.8) is 0 Å². The van der Waals surface area contributed by atoms with Crippen LogP contribution in [0.2, 0.25) is 0 Å². The lowest BCUT2D eigenvalue weighted by Crippen LogP contribution is -2.29. The van der Waals surface area contributed by atoms with Crippen molar-refractivity contribution in [3.05, 3.63) is 26.8 Å². The molecule has 0 aliphatic rings. The van der Waals surface area contributed by atoms with E-state index in [1.165, 1.54) is 0 Å². The van der Waals surface area contributed by atoms with Gasteiger partial charge in [0.2, 0.25) is 0 Å². The largest absolute Gasteiger partial charge is 0.534 e. The molecule has 0 aliphatic heterocycles. The second-order valence-corrected chi connectivity index (χ2v) is 8.06. The zero-order chi connectivity index (χ0) is 15.9. The van der Waals surface area contributed by atoms with E-state index >= 15 is 0 Å². The Kier molecular flexibility index (Phi) is 4.70. The summed E-state index contributed by atoms with van der Waals surface area (Å²) in [6.45, 7) is 7.08. The highest BCUT2D eigenvalue weighted by molar-refractivity contribution is 14.1. The Morgan fingerprint density at radius 2 is 1.65 bits per heavy atom. The molecule has 0 radical (unpaired) electrons. The van der Waals surface area contributed by atoms with Gasteiger partial charge in [0.05, 0.1) is 3.57 Å². The fourth-order valence-corrected chi connectivity index (χ4v) is 3.06. The van der Waals surface area contributed by atoms with E-state index in [0.717, 1.165) is 5.56 Å². The molecule has 0 bridgehead atoms. The first-order valence-electron chi connectivity index (χ1n) is 5.57. The fourth-order valence-electron chi connectivity index (χ4n) is 1.53. The van der Waals surface area contributed by atoms with Crippen LogP contribution in [0.4, 0.5) is 13.2 Å². The van der Waals surface area contributed by atoms with Gasteiger partial charge in [0.25, 0.3) is 0 Å². The predicted molar refractivity (Wildman–Crippen MR) is 78.2 cm³/mol. The van der Waals surface area contributed by atoms with Crippen LogP contribution < -0.4 is 4.18 Å². The molecule has 0 spiro atoms. The number of benzene rings is 1. The third-order valence-corrected chi connectivity index (χ3v) is 4.23. The Labute approximate surface area is 129 Å². The van der Waals surface area contributed by atoms with Gasteiger partial charge in [-0.25, -0.2) is 0 Å². The van der Waals surface area contributed by atoms with Gasteiger partial charge in [0.1, 0.15) is 0 Å². The topological polar surface area (TPSA) is 43.4 Å². The Morgan fingerprint density at radius 1 is 1.15 bits per heavy atom. The van der Waals surface area contributed by atoms with Crippen LogP contribution in [0.1, 0.15) is 31.9 Å². The van der Waals surface area contributed by atoms with Crippen molar-refractivity contribution in [3.8, 4) is 5.75 Å². The molecule has 0 atom stereocenters. The molecule has 0 N–H and O–H groups in total. The number of hydrogen-bond donors (Lipinski definition) is 0. The number of halogens is 4. The molecule has 0 fully saturated rings. The van der Waals surface area contributed by atoms with E-state index in [0.29, 0.717) is 9.13 Å². The van der Waals surface area contributed by atoms with E-state index in [1.54, 1.807) is 62.4 Å². The fraction of sp³-hybridized carbons (Fsp3) is 0.500. The maximum atomic E-state index is 12.4. The minimum absolute atomic E-state index is 0.263. The summed E-state index contributed by atoms with van der Waals surface area (Å²) >= 11 is 1.76. The van der Waals surface area contributed by atoms with Gasteiger partial charge in [0.15, 0.2) is 5.75 Å². The molecule has 20 heavy (non-hydrogen) atoms. The van der Waals surface area contributed by atoms with Crippen LogP contribution in [0.25, 0.3) is 0 Å². The first-order valence-corrected chi connectivity index (χ1v) is 8.06. The van der Waals surface area contributed by atoms with Gasteiger partial charge in [-0.2, -0.15) is 21.6 Å². The minimum Gasteiger partial charge on any atom is -0.375 e. The lowest BCUT2D eigenvalue weighted by Gasteiger charge is -2.24. The van der Waals surface area contributed by atoms with Crippen molar-refractivity contribution in [2.24, 2.45) is 0 Å². The van der Waals surface area contributed by atoms with E-state index in [1.807, 2.05) is 0 Å². The molecule has 1 rings (SSSR count). The SMILES string of the molecule is Cc1cc(I)c(OS(=O)(=O)C(F)(F)F)c(C(C)(C)C)c1. The summed E-state index contributed by atoms with van der Waals surface area (Å²) in [6.07, 6.45) is 0.